The topological polar surface area (TPSA) is 32.3 Å². The number of anilines is 2. The second-order valence-corrected chi connectivity index (χ2v) is 7.79. The molecule has 4 rings (SSSR count). The Hall–Kier alpha value is -2.53. The molecule has 5 heteroatoms. The molecule has 0 atom stereocenters. The number of benzene rings is 2. The van der Waals surface area contributed by atoms with Crippen LogP contribution in [-0.4, -0.2) is 36.1 Å². The number of para-hydroxylation sites is 1. The highest BCUT2D eigenvalue weighted by Crippen LogP contribution is 2.25. The average Bonchev–Trinajstić information content (AvgIpc) is 2.74. The van der Waals surface area contributed by atoms with Gasteiger partial charge in [0, 0.05) is 43.7 Å². The standard InChI is InChI=1S/C22H24N4S/c1-18-7-9-19(10-8-18)16-27-22-15-21(23-17-24-22)26-13-11-25(12-14-26)20-5-3-2-4-6-20/h2-10,15,17H,11-14,16H2,1H3. The van der Waals surface area contributed by atoms with Crippen LogP contribution in [0, 0.1) is 6.92 Å². The number of aryl methyl sites for hydroxylation is 1. The van der Waals surface area contributed by atoms with Crippen LogP contribution in [-0.2, 0) is 5.75 Å². The Labute approximate surface area is 165 Å². The summed E-state index contributed by atoms with van der Waals surface area (Å²) in [6.07, 6.45) is 1.69. The highest BCUT2D eigenvalue weighted by molar-refractivity contribution is 7.98. The molecule has 0 spiro atoms. The molecule has 1 fully saturated rings. The molecule has 1 aliphatic rings. The van der Waals surface area contributed by atoms with E-state index in [0.29, 0.717) is 0 Å². The van der Waals surface area contributed by atoms with Crippen molar-refractivity contribution in [1.82, 2.24) is 9.97 Å². The summed E-state index contributed by atoms with van der Waals surface area (Å²) in [6.45, 7) is 6.10. The van der Waals surface area contributed by atoms with Crippen LogP contribution in [0.5, 0.6) is 0 Å². The molecule has 2 heterocycles. The maximum absolute atomic E-state index is 4.51. The Morgan fingerprint density at radius 1 is 0.852 bits per heavy atom. The fraction of sp³-hybridized carbons (Fsp3) is 0.273. The fourth-order valence-electron chi connectivity index (χ4n) is 3.26. The van der Waals surface area contributed by atoms with Crippen LogP contribution in [0.2, 0.25) is 0 Å². The SMILES string of the molecule is Cc1ccc(CSc2cc(N3CCN(c4ccccc4)CC3)ncn2)cc1. The molecule has 0 aliphatic carbocycles. The Morgan fingerprint density at radius 2 is 1.56 bits per heavy atom. The molecule has 138 valence electrons. The Balaban J connectivity index is 1.36. The van der Waals surface area contributed by atoms with Crippen LogP contribution in [0.4, 0.5) is 11.5 Å². The Morgan fingerprint density at radius 3 is 2.30 bits per heavy atom. The molecule has 27 heavy (non-hydrogen) atoms. The van der Waals surface area contributed by atoms with Gasteiger partial charge in [0.15, 0.2) is 0 Å². The number of nitrogens with zero attached hydrogens (tertiary/aromatic N) is 4. The lowest BCUT2D eigenvalue weighted by molar-refractivity contribution is 0.645. The van der Waals surface area contributed by atoms with Gasteiger partial charge < -0.3 is 9.80 Å². The predicted molar refractivity (Wildman–Crippen MR) is 114 cm³/mol. The lowest BCUT2D eigenvalue weighted by Gasteiger charge is -2.36. The van der Waals surface area contributed by atoms with Crippen LogP contribution in [0.3, 0.4) is 0 Å². The lowest BCUT2D eigenvalue weighted by Crippen LogP contribution is -2.46. The second-order valence-electron chi connectivity index (χ2n) is 6.80. The van der Waals surface area contributed by atoms with Crippen molar-refractivity contribution in [2.75, 3.05) is 36.0 Å². The van der Waals surface area contributed by atoms with Gasteiger partial charge in [0.2, 0.25) is 0 Å². The van der Waals surface area contributed by atoms with Gasteiger partial charge in [0.25, 0.3) is 0 Å². The van der Waals surface area contributed by atoms with Crippen molar-refractivity contribution >= 4 is 23.3 Å². The van der Waals surface area contributed by atoms with E-state index in [-0.39, 0.29) is 0 Å². The van der Waals surface area contributed by atoms with Crippen molar-refractivity contribution in [3.8, 4) is 0 Å². The zero-order valence-electron chi connectivity index (χ0n) is 15.6. The van der Waals surface area contributed by atoms with E-state index >= 15 is 0 Å². The molecular weight excluding hydrogens is 352 g/mol. The highest BCUT2D eigenvalue weighted by atomic mass is 32.2. The van der Waals surface area contributed by atoms with Crippen LogP contribution >= 0.6 is 11.8 Å². The van der Waals surface area contributed by atoms with Gasteiger partial charge in [-0.05, 0) is 24.6 Å². The first kappa shape index (κ1) is 17.9. The quantitative estimate of drug-likeness (QED) is 0.487. The van der Waals surface area contributed by atoms with Gasteiger partial charge in [-0.15, -0.1) is 11.8 Å². The maximum Gasteiger partial charge on any atom is 0.133 e. The minimum absolute atomic E-state index is 0.929. The second kappa shape index (κ2) is 8.44. The fourth-order valence-corrected chi connectivity index (χ4v) is 4.07. The molecule has 3 aromatic rings. The summed E-state index contributed by atoms with van der Waals surface area (Å²) >= 11 is 1.77. The normalized spacial score (nSPS) is 14.4. The van der Waals surface area contributed by atoms with Crippen LogP contribution in [0.25, 0.3) is 0 Å². The van der Waals surface area contributed by atoms with Crippen LogP contribution < -0.4 is 9.80 Å². The molecular formula is C22H24N4S. The summed E-state index contributed by atoms with van der Waals surface area (Å²) in [6, 6.07) is 21.4. The summed E-state index contributed by atoms with van der Waals surface area (Å²) < 4.78 is 0. The molecule has 0 unspecified atom stereocenters. The van der Waals surface area contributed by atoms with Crippen molar-refractivity contribution < 1.29 is 0 Å². The molecule has 2 aromatic carbocycles. The van der Waals surface area contributed by atoms with Gasteiger partial charge in [-0.3, -0.25) is 0 Å². The number of aromatic nitrogens is 2. The third-order valence-corrected chi connectivity index (χ3v) is 5.86. The molecule has 1 saturated heterocycles. The number of rotatable bonds is 5. The van der Waals surface area contributed by atoms with Crippen molar-refractivity contribution in [1.29, 1.82) is 0 Å². The molecule has 1 aliphatic heterocycles. The van der Waals surface area contributed by atoms with Crippen LogP contribution in [0.1, 0.15) is 11.1 Å². The van der Waals surface area contributed by atoms with Crippen molar-refractivity contribution in [2.45, 2.75) is 17.7 Å². The van der Waals surface area contributed by atoms with Gasteiger partial charge >= 0.3 is 0 Å². The summed E-state index contributed by atoms with van der Waals surface area (Å²) in [7, 11) is 0. The summed E-state index contributed by atoms with van der Waals surface area (Å²) in [5.74, 6) is 1.96. The minimum atomic E-state index is 0.929. The van der Waals surface area contributed by atoms with Crippen molar-refractivity contribution in [2.24, 2.45) is 0 Å². The zero-order valence-corrected chi connectivity index (χ0v) is 16.4. The first-order valence-electron chi connectivity index (χ1n) is 9.33. The lowest BCUT2D eigenvalue weighted by atomic mass is 10.2. The molecule has 0 bridgehead atoms. The number of piperazine rings is 1. The number of hydrogen-bond acceptors (Lipinski definition) is 5. The van der Waals surface area contributed by atoms with E-state index in [4.69, 9.17) is 0 Å². The number of thioether (sulfide) groups is 1. The van der Waals surface area contributed by atoms with E-state index in [2.05, 4.69) is 87.4 Å². The van der Waals surface area contributed by atoms with Gasteiger partial charge in [0.05, 0.1) is 0 Å². The molecule has 4 nitrogen and oxygen atoms in total. The summed E-state index contributed by atoms with van der Waals surface area (Å²) in [5.41, 5.74) is 3.92. The smallest absolute Gasteiger partial charge is 0.133 e. The van der Waals surface area contributed by atoms with E-state index < -0.39 is 0 Å². The van der Waals surface area contributed by atoms with Crippen molar-refractivity contribution in [3.05, 3.63) is 78.1 Å². The summed E-state index contributed by atoms with van der Waals surface area (Å²) in [5, 5.41) is 1.03. The van der Waals surface area contributed by atoms with E-state index in [0.717, 1.165) is 42.8 Å². The Bertz CT molecular complexity index is 859. The van der Waals surface area contributed by atoms with Crippen LogP contribution in [0.15, 0.2) is 72.0 Å². The highest BCUT2D eigenvalue weighted by Gasteiger charge is 2.18. The molecule has 0 radical (unpaired) electrons. The number of hydrogen-bond donors (Lipinski definition) is 0. The van der Waals surface area contributed by atoms with Crippen molar-refractivity contribution in [3.63, 3.8) is 0 Å². The van der Waals surface area contributed by atoms with Gasteiger partial charge in [-0.1, -0.05) is 48.0 Å². The monoisotopic (exact) mass is 376 g/mol. The van der Waals surface area contributed by atoms with Gasteiger partial charge in [-0.2, -0.15) is 0 Å². The van der Waals surface area contributed by atoms with E-state index in [1.807, 2.05) is 0 Å². The first-order valence-corrected chi connectivity index (χ1v) is 10.3. The molecule has 0 amide bonds. The third-order valence-electron chi connectivity index (χ3n) is 4.86. The average molecular weight is 377 g/mol. The Kier molecular flexibility index (Phi) is 5.58. The van der Waals surface area contributed by atoms with Gasteiger partial charge in [0.1, 0.15) is 17.2 Å². The van der Waals surface area contributed by atoms with E-state index in [1.165, 1.54) is 16.8 Å². The first-order chi connectivity index (χ1) is 13.3. The maximum atomic E-state index is 4.51. The third kappa shape index (κ3) is 4.61. The zero-order chi connectivity index (χ0) is 18.5. The van der Waals surface area contributed by atoms with E-state index in [1.54, 1.807) is 18.1 Å². The predicted octanol–water partition coefficient (Wildman–Crippen LogP) is 4.40. The molecule has 1 aromatic heterocycles. The minimum Gasteiger partial charge on any atom is -0.368 e. The molecule has 0 saturated carbocycles. The van der Waals surface area contributed by atoms with E-state index in [9.17, 15) is 0 Å². The molecule has 0 N–H and O–H groups in total. The summed E-state index contributed by atoms with van der Waals surface area (Å²) in [4.78, 5) is 13.7. The largest absolute Gasteiger partial charge is 0.368 e. The van der Waals surface area contributed by atoms with Gasteiger partial charge in [-0.25, -0.2) is 9.97 Å².